The van der Waals surface area contributed by atoms with Crippen molar-refractivity contribution >= 4 is 21.2 Å². The summed E-state index contributed by atoms with van der Waals surface area (Å²) in [6.45, 7) is 1.51. The van der Waals surface area contributed by atoms with Gasteiger partial charge in [0, 0.05) is 24.2 Å². The smallest absolute Gasteiger partial charge is 0.175 e. The molecule has 0 amide bonds. The van der Waals surface area contributed by atoms with Gasteiger partial charge in [0.15, 0.2) is 9.84 Å². The number of hydrogen-bond acceptors (Lipinski definition) is 7. The first kappa shape index (κ1) is 20.0. The van der Waals surface area contributed by atoms with Crippen LogP contribution in [0.2, 0.25) is 0 Å². The molecule has 0 spiro atoms. The zero-order chi connectivity index (χ0) is 19.6. The zero-order valence-corrected chi connectivity index (χ0v) is 17.3. The maximum atomic E-state index is 11.7. The minimum Gasteiger partial charge on any atom is -0.296 e. The lowest BCUT2D eigenvalue weighted by Gasteiger charge is -2.47. The normalized spacial score (nSPS) is 24.6. The molecule has 0 radical (unpaired) electrons. The number of sulfone groups is 1. The average molecular weight is 405 g/mol. The molecule has 3 rings (SSSR count). The van der Waals surface area contributed by atoms with Crippen LogP contribution < -0.4 is 5.32 Å². The molecule has 3 unspecified atom stereocenters. The molecule has 1 aromatic heterocycles. The second-order valence-corrected chi connectivity index (χ2v) is 9.99. The third kappa shape index (κ3) is 4.39. The second-order valence-electron chi connectivity index (χ2n) is 6.94. The van der Waals surface area contributed by atoms with E-state index in [2.05, 4.69) is 32.6 Å². The number of piperazine rings is 1. The molecule has 6 nitrogen and oxygen atoms in total. The molecule has 1 aromatic carbocycles. The fourth-order valence-electron chi connectivity index (χ4n) is 3.51. The van der Waals surface area contributed by atoms with Crippen LogP contribution in [0.5, 0.6) is 0 Å². The number of nitriles is 1. The van der Waals surface area contributed by atoms with Gasteiger partial charge in [0.1, 0.15) is 6.04 Å². The zero-order valence-electron chi connectivity index (χ0n) is 15.7. The molecule has 0 bridgehead atoms. The average Bonchev–Trinajstić information content (AvgIpc) is 3.14. The number of likely N-dealkylation sites (N-methyl/N-ethyl adjacent to an activating group) is 2. The Hall–Kier alpha value is -1.76. The van der Waals surface area contributed by atoms with Gasteiger partial charge < -0.3 is 0 Å². The second kappa shape index (κ2) is 8.09. The molecule has 144 valence electrons. The molecule has 0 aliphatic carbocycles. The topological polar surface area (TPSA) is 76.4 Å². The first-order valence-corrected chi connectivity index (χ1v) is 11.5. The molecule has 1 aliphatic rings. The Morgan fingerprint density at radius 1 is 1.26 bits per heavy atom. The van der Waals surface area contributed by atoms with Crippen molar-refractivity contribution in [3.63, 3.8) is 0 Å². The van der Waals surface area contributed by atoms with Gasteiger partial charge in [0.05, 0.1) is 23.2 Å². The minimum absolute atomic E-state index is 0.0845. The van der Waals surface area contributed by atoms with Crippen LogP contribution in [0, 0.1) is 11.3 Å². The standard InChI is InChI=1S/C19H24N4O2S2/c1-22-13-18(21-12-15-5-4-10-26-15)23(2)19(17(22)11-20)14-6-8-16(9-7-14)27(3,24)25/h4-10,17-19,21H,12-13H2,1-3H3. The summed E-state index contributed by atoms with van der Waals surface area (Å²) in [7, 11) is 0.731. The Morgan fingerprint density at radius 3 is 2.52 bits per heavy atom. The summed E-state index contributed by atoms with van der Waals surface area (Å²) in [5.41, 5.74) is 0.936. The molecule has 1 N–H and O–H groups in total. The number of nitrogens with zero attached hydrogens (tertiary/aromatic N) is 3. The highest BCUT2D eigenvalue weighted by Gasteiger charge is 2.39. The summed E-state index contributed by atoms with van der Waals surface area (Å²) in [6, 6.07) is 13.0. The van der Waals surface area contributed by atoms with Crippen molar-refractivity contribution in [1.82, 2.24) is 15.1 Å². The van der Waals surface area contributed by atoms with E-state index < -0.39 is 9.84 Å². The summed E-state index contributed by atoms with van der Waals surface area (Å²) in [6.07, 6.45) is 1.28. The van der Waals surface area contributed by atoms with Crippen LogP contribution in [0.3, 0.4) is 0 Å². The van der Waals surface area contributed by atoms with E-state index in [1.165, 1.54) is 11.1 Å². The predicted octanol–water partition coefficient (Wildman–Crippen LogP) is 2.08. The summed E-state index contributed by atoms with van der Waals surface area (Å²) in [4.78, 5) is 5.79. The largest absolute Gasteiger partial charge is 0.296 e. The molecule has 3 atom stereocenters. The van der Waals surface area contributed by atoms with Crippen molar-refractivity contribution in [3.8, 4) is 6.07 Å². The lowest BCUT2D eigenvalue weighted by molar-refractivity contribution is 0.0129. The van der Waals surface area contributed by atoms with E-state index >= 15 is 0 Å². The van der Waals surface area contributed by atoms with Crippen molar-refractivity contribution in [2.24, 2.45) is 0 Å². The highest BCUT2D eigenvalue weighted by molar-refractivity contribution is 7.90. The fraction of sp³-hybridized carbons (Fsp3) is 0.421. The van der Waals surface area contributed by atoms with Gasteiger partial charge in [0.25, 0.3) is 0 Å². The fourth-order valence-corrected chi connectivity index (χ4v) is 4.80. The Balaban J connectivity index is 1.84. The van der Waals surface area contributed by atoms with Gasteiger partial charge in [-0.2, -0.15) is 5.26 Å². The van der Waals surface area contributed by atoms with Gasteiger partial charge >= 0.3 is 0 Å². The molecule has 1 fully saturated rings. The first-order valence-electron chi connectivity index (χ1n) is 8.69. The quantitative estimate of drug-likeness (QED) is 0.822. The SMILES string of the molecule is CN1CC(NCc2cccs2)N(C)C(c2ccc(S(C)(=O)=O)cc2)C1C#N. The van der Waals surface area contributed by atoms with Gasteiger partial charge in [-0.15, -0.1) is 11.3 Å². The van der Waals surface area contributed by atoms with Crippen LogP contribution >= 0.6 is 11.3 Å². The van der Waals surface area contributed by atoms with Crippen LogP contribution in [-0.2, 0) is 16.4 Å². The Morgan fingerprint density at radius 2 is 1.96 bits per heavy atom. The van der Waals surface area contributed by atoms with E-state index in [0.29, 0.717) is 4.90 Å². The highest BCUT2D eigenvalue weighted by Crippen LogP contribution is 2.32. The van der Waals surface area contributed by atoms with Crippen molar-refractivity contribution in [2.75, 3.05) is 26.9 Å². The van der Waals surface area contributed by atoms with E-state index in [9.17, 15) is 13.7 Å². The Kier molecular flexibility index (Phi) is 5.99. The summed E-state index contributed by atoms with van der Waals surface area (Å²) in [5.74, 6) is 0. The minimum atomic E-state index is -3.24. The molecular formula is C19H24N4O2S2. The highest BCUT2D eigenvalue weighted by atomic mass is 32.2. The van der Waals surface area contributed by atoms with Crippen LogP contribution in [0.15, 0.2) is 46.7 Å². The maximum Gasteiger partial charge on any atom is 0.175 e. The molecule has 0 saturated carbocycles. The van der Waals surface area contributed by atoms with Gasteiger partial charge in [0.2, 0.25) is 0 Å². The summed E-state index contributed by atoms with van der Waals surface area (Å²) < 4.78 is 23.5. The molecule has 1 aliphatic heterocycles. The lowest BCUT2D eigenvalue weighted by atomic mass is 9.94. The molecule has 2 heterocycles. The third-order valence-corrected chi connectivity index (χ3v) is 7.04. The van der Waals surface area contributed by atoms with Crippen LogP contribution in [0.1, 0.15) is 16.5 Å². The van der Waals surface area contributed by atoms with E-state index in [4.69, 9.17) is 0 Å². The monoisotopic (exact) mass is 404 g/mol. The molecular weight excluding hydrogens is 380 g/mol. The molecule has 1 saturated heterocycles. The van der Waals surface area contributed by atoms with E-state index in [1.807, 2.05) is 32.3 Å². The van der Waals surface area contributed by atoms with Crippen LogP contribution in [0.25, 0.3) is 0 Å². The van der Waals surface area contributed by atoms with E-state index in [0.717, 1.165) is 18.7 Å². The number of nitrogens with one attached hydrogen (secondary N) is 1. The van der Waals surface area contributed by atoms with E-state index in [1.54, 1.807) is 23.5 Å². The van der Waals surface area contributed by atoms with E-state index in [-0.39, 0.29) is 18.2 Å². The van der Waals surface area contributed by atoms with Gasteiger partial charge in [-0.3, -0.25) is 15.1 Å². The van der Waals surface area contributed by atoms with Crippen molar-refractivity contribution in [2.45, 2.75) is 29.7 Å². The first-order chi connectivity index (χ1) is 12.8. The Bertz CT molecular complexity index is 904. The predicted molar refractivity (Wildman–Crippen MR) is 107 cm³/mol. The van der Waals surface area contributed by atoms with Crippen molar-refractivity contribution in [1.29, 1.82) is 5.26 Å². The number of benzene rings is 1. The molecule has 2 aromatic rings. The number of hydrogen-bond donors (Lipinski definition) is 1. The van der Waals surface area contributed by atoms with Crippen LogP contribution in [0.4, 0.5) is 0 Å². The van der Waals surface area contributed by atoms with Gasteiger partial charge in [-0.1, -0.05) is 18.2 Å². The number of rotatable bonds is 5. The number of thiophene rings is 1. The summed E-state index contributed by atoms with van der Waals surface area (Å²) >= 11 is 1.72. The summed E-state index contributed by atoms with van der Waals surface area (Å²) in [5, 5.41) is 15.4. The van der Waals surface area contributed by atoms with Crippen molar-refractivity contribution < 1.29 is 8.42 Å². The third-order valence-electron chi connectivity index (χ3n) is 5.04. The van der Waals surface area contributed by atoms with Crippen LogP contribution in [-0.4, -0.2) is 57.3 Å². The lowest BCUT2D eigenvalue weighted by Crippen LogP contribution is -2.61. The van der Waals surface area contributed by atoms with Gasteiger partial charge in [-0.05, 0) is 43.2 Å². The Labute approximate surface area is 164 Å². The van der Waals surface area contributed by atoms with Crippen molar-refractivity contribution in [3.05, 3.63) is 52.2 Å². The molecule has 27 heavy (non-hydrogen) atoms. The van der Waals surface area contributed by atoms with Gasteiger partial charge in [-0.25, -0.2) is 8.42 Å². The molecule has 8 heteroatoms. The maximum absolute atomic E-state index is 11.7.